The molecule has 2 heterocycles. The number of ether oxygens (including phenoxy) is 5. The highest BCUT2D eigenvalue weighted by molar-refractivity contribution is 7.52. The summed E-state index contributed by atoms with van der Waals surface area (Å²) in [6.45, 7) is 6.17. The van der Waals surface area contributed by atoms with Crippen LogP contribution in [0.2, 0.25) is 0 Å². The van der Waals surface area contributed by atoms with E-state index in [1.807, 2.05) is 0 Å². The van der Waals surface area contributed by atoms with Crippen molar-refractivity contribution in [2.75, 3.05) is 13.4 Å². The molecule has 2 aromatic rings. The van der Waals surface area contributed by atoms with Gasteiger partial charge >= 0.3 is 37.3 Å². The minimum Gasteiger partial charge on any atom is -0.462 e. The Morgan fingerprint density at radius 2 is 1.59 bits per heavy atom. The van der Waals surface area contributed by atoms with Gasteiger partial charge in [0, 0.05) is 24.6 Å². The van der Waals surface area contributed by atoms with Gasteiger partial charge in [0.1, 0.15) is 24.1 Å². The monoisotopic (exact) mass is 741 g/mol. The molecule has 1 aliphatic heterocycles. The predicted octanol–water partition coefficient (Wildman–Crippen LogP) is 2.16. The van der Waals surface area contributed by atoms with Gasteiger partial charge < -0.3 is 33.3 Å². The normalized spacial score (nSPS) is 20.2. The highest BCUT2D eigenvalue weighted by Gasteiger charge is 2.44. The smallest absolute Gasteiger partial charge is 0.459 e. The molecule has 6 atom stereocenters. The highest BCUT2D eigenvalue weighted by atomic mass is 31.2. The molecule has 1 fully saturated rings. The summed E-state index contributed by atoms with van der Waals surface area (Å²) in [6, 6.07) is 7.95. The zero-order valence-electron chi connectivity index (χ0n) is 29.0. The molecule has 0 spiro atoms. The van der Waals surface area contributed by atoms with E-state index < -0.39 is 112 Å². The van der Waals surface area contributed by atoms with Gasteiger partial charge in [0.25, 0.3) is 5.56 Å². The number of rotatable bonds is 19. The molecule has 51 heavy (non-hydrogen) atoms. The quantitative estimate of drug-likeness (QED) is 0.0910. The van der Waals surface area contributed by atoms with Crippen LogP contribution < -0.4 is 20.9 Å². The van der Waals surface area contributed by atoms with Gasteiger partial charge in [0.2, 0.25) is 6.79 Å². The molecule has 19 heteroatoms. The lowest BCUT2D eigenvalue weighted by molar-refractivity contribution is -0.168. The second-order valence-corrected chi connectivity index (χ2v) is 13.5. The summed E-state index contributed by atoms with van der Waals surface area (Å²) in [5.41, 5.74) is -1.75. The minimum atomic E-state index is -4.31. The number of aliphatic hydroxyl groups is 1. The van der Waals surface area contributed by atoms with Crippen LogP contribution in [0.5, 0.6) is 5.75 Å². The van der Waals surface area contributed by atoms with Crippen LogP contribution in [0.4, 0.5) is 0 Å². The van der Waals surface area contributed by atoms with Crippen molar-refractivity contribution in [1.82, 2.24) is 14.2 Å². The number of nitrogens with zero attached hydrogens (tertiary/aromatic N) is 2. The third kappa shape index (κ3) is 12.4. The molecule has 1 aromatic heterocycles. The van der Waals surface area contributed by atoms with Crippen LogP contribution in [-0.2, 0) is 58.7 Å². The topological polar surface area (TPSA) is 226 Å². The number of para-hydroxylation sites is 1. The fourth-order valence-corrected chi connectivity index (χ4v) is 6.12. The fraction of sp³-hybridized carbons (Fsp3) is 0.562. The zero-order chi connectivity index (χ0) is 37.7. The van der Waals surface area contributed by atoms with Gasteiger partial charge in [-0.3, -0.25) is 33.1 Å². The molecule has 0 unspecified atom stereocenters. The molecule has 0 aliphatic carbocycles. The first-order valence-corrected chi connectivity index (χ1v) is 17.8. The molecule has 18 nitrogen and oxygen atoms in total. The van der Waals surface area contributed by atoms with Gasteiger partial charge in [-0.1, -0.05) is 32.0 Å². The first-order chi connectivity index (χ1) is 24.1. The number of benzene rings is 1. The van der Waals surface area contributed by atoms with E-state index in [0.29, 0.717) is 11.0 Å². The average molecular weight is 742 g/mol. The summed E-state index contributed by atoms with van der Waals surface area (Å²) in [5.74, 6) is -3.60. The summed E-state index contributed by atoms with van der Waals surface area (Å²) < 4.78 is 52.3. The highest BCUT2D eigenvalue weighted by Crippen LogP contribution is 2.46. The number of carbonyl (C=O) groups is 4. The number of carbonyl (C=O) groups excluding carboxylic acids is 4. The molecule has 0 amide bonds. The van der Waals surface area contributed by atoms with Crippen LogP contribution in [0.3, 0.4) is 0 Å². The van der Waals surface area contributed by atoms with E-state index in [9.17, 15) is 38.4 Å². The van der Waals surface area contributed by atoms with E-state index in [2.05, 4.69) is 5.09 Å². The molecule has 0 radical (unpaired) electrons. The van der Waals surface area contributed by atoms with Gasteiger partial charge in [-0.05, 0) is 39.3 Å². The molecule has 0 saturated carbocycles. The molecule has 1 aromatic carbocycles. The van der Waals surface area contributed by atoms with E-state index >= 15 is 0 Å². The van der Waals surface area contributed by atoms with Crippen LogP contribution in [0.25, 0.3) is 0 Å². The standard InChI is InChI=1S/C32H44N3O15P/c1-6-10-26(37)45-19-46-28(39)14-13-27(38)44-18-35-25(36)15-16-34(32(35)42)30-21(4)29(40)24(49-30)17-47-51(43,50-23-11-8-7-9-12-23)33-22(5)31(41)48-20(2)3/h7-9,11-12,15-16,20-22,24,29-30,40H,6,10,13-14,17-19H2,1-5H3,(H,33,43)/t21-,22-,24+,29-,30+,51-/m0/s1. The first kappa shape index (κ1) is 41.1. The molecule has 282 valence electrons. The van der Waals surface area contributed by atoms with Crippen molar-refractivity contribution in [2.45, 2.75) is 97.6 Å². The second-order valence-electron chi connectivity index (χ2n) is 11.8. The maximum atomic E-state index is 13.8. The first-order valence-electron chi connectivity index (χ1n) is 16.2. The molecule has 1 aliphatic rings. The summed E-state index contributed by atoms with van der Waals surface area (Å²) in [4.78, 5) is 73.7. The zero-order valence-corrected chi connectivity index (χ0v) is 29.9. The molecule has 2 N–H and O–H groups in total. The third-order valence-corrected chi connectivity index (χ3v) is 8.91. The molecular weight excluding hydrogens is 697 g/mol. The van der Waals surface area contributed by atoms with Crippen LogP contribution in [0.15, 0.2) is 52.2 Å². The van der Waals surface area contributed by atoms with Crippen LogP contribution >= 0.6 is 7.75 Å². The molecular formula is C32H44N3O15P. The Kier molecular flexibility index (Phi) is 15.6. The number of hydrogen-bond donors (Lipinski definition) is 2. The predicted molar refractivity (Wildman–Crippen MR) is 176 cm³/mol. The van der Waals surface area contributed by atoms with Crippen LogP contribution in [0.1, 0.15) is 66.5 Å². The lowest BCUT2D eigenvalue weighted by Gasteiger charge is -2.25. The van der Waals surface area contributed by atoms with Gasteiger partial charge in [0.15, 0.2) is 6.73 Å². The summed E-state index contributed by atoms with van der Waals surface area (Å²) in [5, 5.41) is 13.5. The van der Waals surface area contributed by atoms with Gasteiger partial charge in [-0.25, -0.2) is 13.9 Å². The van der Waals surface area contributed by atoms with Gasteiger partial charge in [-0.2, -0.15) is 5.09 Å². The van der Waals surface area contributed by atoms with Crippen molar-refractivity contribution in [3.8, 4) is 5.75 Å². The maximum absolute atomic E-state index is 13.8. The molecule has 0 bridgehead atoms. The van der Waals surface area contributed by atoms with Gasteiger partial charge in [0.05, 0.1) is 31.7 Å². The Balaban J connectivity index is 1.64. The molecule has 3 rings (SSSR count). The van der Waals surface area contributed by atoms with E-state index in [4.69, 9.17) is 32.7 Å². The number of nitrogens with one attached hydrogen (secondary N) is 1. The average Bonchev–Trinajstić information content (AvgIpc) is 3.35. The lowest BCUT2D eigenvalue weighted by atomic mass is 10.0. The Morgan fingerprint density at radius 1 is 0.961 bits per heavy atom. The van der Waals surface area contributed by atoms with Crippen LogP contribution in [-0.4, -0.2) is 75.9 Å². The Morgan fingerprint density at radius 3 is 2.22 bits per heavy atom. The SMILES string of the molecule is CCCC(=O)OCOC(=O)CCC(=O)OCn1c(=O)ccn([C@@H]2O[C@H](CO[P@@](=O)(N[C@@H](C)C(=O)OC(C)C)Oc3ccccc3)[C@@H](O)[C@@H]2C)c1=O. The fourth-order valence-electron chi connectivity index (χ4n) is 4.62. The maximum Gasteiger partial charge on any atom is 0.459 e. The van der Waals surface area contributed by atoms with Crippen molar-refractivity contribution in [3.05, 3.63) is 63.4 Å². The Bertz CT molecular complexity index is 1660. The Labute approximate surface area is 293 Å². The summed E-state index contributed by atoms with van der Waals surface area (Å²) in [6.07, 6.45) is -2.98. The number of hydrogen-bond acceptors (Lipinski definition) is 15. The van der Waals surface area contributed by atoms with E-state index in [1.54, 1.807) is 45.9 Å². The molecule has 1 saturated heterocycles. The van der Waals surface area contributed by atoms with Crippen molar-refractivity contribution >= 4 is 31.6 Å². The van der Waals surface area contributed by atoms with E-state index in [1.165, 1.54) is 19.1 Å². The van der Waals surface area contributed by atoms with Crippen molar-refractivity contribution in [2.24, 2.45) is 5.92 Å². The van der Waals surface area contributed by atoms with E-state index in [0.717, 1.165) is 16.8 Å². The lowest BCUT2D eigenvalue weighted by Crippen LogP contribution is -2.42. The van der Waals surface area contributed by atoms with Crippen molar-refractivity contribution < 1.29 is 61.6 Å². The van der Waals surface area contributed by atoms with Crippen LogP contribution in [0, 0.1) is 5.92 Å². The summed E-state index contributed by atoms with van der Waals surface area (Å²) >= 11 is 0. The largest absolute Gasteiger partial charge is 0.462 e. The second kappa shape index (κ2) is 19.3. The van der Waals surface area contributed by atoms with Crippen molar-refractivity contribution in [3.63, 3.8) is 0 Å². The minimum absolute atomic E-state index is 0.163. The van der Waals surface area contributed by atoms with Crippen molar-refractivity contribution in [1.29, 1.82) is 0 Å². The summed E-state index contributed by atoms with van der Waals surface area (Å²) in [7, 11) is -4.31. The number of esters is 4. The number of aliphatic hydroxyl groups excluding tert-OH is 1. The van der Waals surface area contributed by atoms with Gasteiger partial charge in [-0.15, -0.1) is 0 Å². The van der Waals surface area contributed by atoms with E-state index in [-0.39, 0.29) is 12.2 Å². The number of aromatic nitrogens is 2. The third-order valence-electron chi connectivity index (χ3n) is 7.27. The Hall–Kier alpha value is -4.35.